The molecule has 62 valence electrons. The molecule has 0 aliphatic rings. The van der Waals surface area contributed by atoms with Crippen molar-refractivity contribution in [2.24, 2.45) is 0 Å². The quantitative estimate of drug-likeness (QED) is 0.696. The lowest BCUT2D eigenvalue weighted by Crippen LogP contribution is -1.88. The zero-order chi connectivity index (χ0) is 9.26. The Kier molecular flexibility index (Phi) is 2.15. The van der Waals surface area contributed by atoms with Crippen LogP contribution in [0.3, 0.4) is 0 Å². The fraction of sp³-hybridized carbons (Fsp3) is 0. The number of hydrogen-bond donors (Lipinski definition) is 0. The Morgan fingerprint density at radius 2 is 2.08 bits per heavy atom. The van der Waals surface area contributed by atoms with E-state index in [1.807, 2.05) is 30.3 Å². The predicted octanol–water partition coefficient (Wildman–Crippen LogP) is 2.71. The van der Waals surface area contributed by atoms with Crippen molar-refractivity contribution in [1.29, 1.82) is 5.26 Å². The summed E-state index contributed by atoms with van der Waals surface area (Å²) in [7, 11) is 0. The second-order valence-electron chi connectivity index (χ2n) is 2.62. The van der Waals surface area contributed by atoms with Gasteiger partial charge in [0.05, 0.1) is 9.09 Å². The summed E-state index contributed by atoms with van der Waals surface area (Å²) in [4.78, 5) is 4.22. The number of rotatable bonds is 0. The van der Waals surface area contributed by atoms with E-state index >= 15 is 0 Å². The number of nitrogens with zero attached hydrogens (tertiary/aromatic N) is 2. The van der Waals surface area contributed by atoms with Crippen molar-refractivity contribution in [1.82, 2.24) is 4.98 Å². The lowest BCUT2D eigenvalue weighted by atomic mass is 10.2. The van der Waals surface area contributed by atoms with E-state index in [0.29, 0.717) is 5.69 Å². The second-order valence-corrected chi connectivity index (χ2v) is 3.79. The second kappa shape index (κ2) is 3.30. The molecule has 0 amide bonds. The van der Waals surface area contributed by atoms with Gasteiger partial charge in [-0.05, 0) is 34.7 Å². The van der Waals surface area contributed by atoms with Crippen molar-refractivity contribution >= 4 is 33.5 Å². The Hall–Kier alpha value is -1.15. The van der Waals surface area contributed by atoms with Crippen LogP contribution in [0.25, 0.3) is 10.9 Å². The maximum Gasteiger partial charge on any atom is 0.154 e. The predicted molar refractivity (Wildman–Crippen MR) is 59.2 cm³/mol. The van der Waals surface area contributed by atoms with Gasteiger partial charge in [0.15, 0.2) is 5.69 Å². The van der Waals surface area contributed by atoms with E-state index in [1.165, 1.54) is 0 Å². The fourth-order valence-electron chi connectivity index (χ4n) is 1.17. The molecule has 1 heterocycles. The third-order valence-electron chi connectivity index (χ3n) is 1.78. The van der Waals surface area contributed by atoms with Gasteiger partial charge in [-0.3, -0.25) is 0 Å². The molecule has 3 heteroatoms. The van der Waals surface area contributed by atoms with Crippen molar-refractivity contribution < 1.29 is 0 Å². The molecule has 0 saturated heterocycles. The van der Waals surface area contributed by atoms with Crippen LogP contribution in [0.4, 0.5) is 0 Å². The molecule has 0 spiro atoms. The molecule has 1 aromatic carbocycles. The van der Waals surface area contributed by atoms with Gasteiger partial charge in [-0.15, -0.1) is 0 Å². The van der Waals surface area contributed by atoms with Gasteiger partial charge < -0.3 is 0 Å². The molecule has 1 aromatic heterocycles. The van der Waals surface area contributed by atoms with Crippen LogP contribution in [0.15, 0.2) is 30.3 Å². The highest BCUT2D eigenvalue weighted by molar-refractivity contribution is 14.1. The standard InChI is InChI=1S/C10H5IN2/c11-8-5-7-3-1-2-4-9(7)13-10(8)6-12/h1-5H. The normalized spacial score (nSPS) is 9.85. The lowest BCUT2D eigenvalue weighted by molar-refractivity contribution is 1.30. The molecule has 0 unspecified atom stereocenters. The van der Waals surface area contributed by atoms with Crippen molar-refractivity contribution in [3.63, 3.8) is 0 Å². The summed E-state index contributed by atoms with van der Waals surface area (Å²) in [6, 6.07) is 11.8. The Morgan fingerprint density at radius 3 is 2.85 bits per heavy atom. The van der Waals surface area contributed by atoms with Gasteiger partial charge in [-0.2, -0.15) is 5.26 Å². The van der Waals surface area contributed by atoms with Crippen LogP contribution < -0.4 is 0 Å². The first kappa shape index (κ1) is 8.45. The smallest absolute Gasteiger partial charge is 0.154 e. The minimum atomic E-state index is 0.499. The lowest BCUT2D eigenvalue weighted by Gasteiger charge is -1.98. The average Bonchev–Trinajstić information content (AvgIpc) is 2.17. The number of benzene rings is 1. The summed E-state index contributed by atoms with van der Waals surface area (Å²) in [5.41, 5.74) is 1.37. The molecule has 2 nitrogen and oxygen atoms in total. The van der Waals surface area contributed by atoms with E-state index in [2.05, 4.69) is 33.6 Å². The number of hydrogen-bond acceptors (Lipinski definition) is 2. The largest absolute Gasteiger partial charge is 0.236 e. The molecule has 2 rings (SSSR count). The first-order chi connectivity index (χ1) is 6.31. The summed E-state index contributed by atoms with van der Waals surface area (Å²) < 4.78 is 0.902. The molecule has 0 N–H and O–H groups in total. The molecule has 2 aromatic rings. The SMILES string of the molecule is N#Cc1nc2ccccc2cc1I. The van der Waals surface area contributed by atoms with Crippen LogP contribution in [0.5, 0.6) is 0 Å². The molecular weight excluding hydrogens is 275 g/mol. The highest BCUT2D eigenvalue weighted by atomic mass is 127. The molecule has 0 bridgehead atoms. The third-order valence-corrected chi connectivity index (χ3v) is 2.61. The number of aromatic nitrogens is 1. The Labute approximate surface area is 89.4 Å². The molecule has 0 atom stereocenters. The van der Waals surface area contributed by atoms with E-state index in [1.54, 1.807) is 0 Å². The summed E-state index contributed by atoms with van der Waals surface area (Å²) in [6.45, 7) is 0. The van der Waals surface area contributed by atoms with E-state index in [9.17, 15) is 0 Å². The first-order valence-electron chi connectivity index (χ1n) is 3.76. The molecule has 0 aliphatic heterocycles. The van der Waals surface area contributed by atoms with Crippen molar-refractivity contribution in [2.75, 3.05) is 0 Å². The van der Waals surface area contributed by atoms with Gasteiger partial charge in [0.25, 0.3) is 0 Å². The Bertz CT molecular complexity index is 500. The van der Waals surface area contributed by atoms with Gasteiger partial charge in [0.1, 0.15) is 6.07 Å². The fourth-order valence-corrected chi connectivity index (χ4v) is 1.75. The Morgan fingerprint density at radius 1 is 1.31 bits per heavy atom. The minimum Gasteiger partial charge on any atom is -0.236 e. The van der Waals surface area contributed by atoms with E-state index in [0.717, 1.165) is 14.5 Å². The van der Waals surface area contributed by atoms with Crippen LogP contribution in [0.2, 0.25) is 0 Å². The van der Waals surface area contributed by atoms with E-state index < -0.39 is 0 Å². The summed E-state index contributed by atoms with van der Waals surface area (Å²) in [5.74, 6) is 0. The Balaban J connectivity index is 2.83. The maximum atomic E-state index is 8.76. The van der Waals surface area contributed by atoms with Crippen LogP contribution in [0, 0.1) is 14.9 Å². The van der Waals surface area contributed by atoms with Crippen LogP contribution in [-0.2, 0) is 0 Å². The highest BCUT2D eigenvalue weighted by Crippen LogP contribution is 2.17. The number of halogens is 1. The van der Waals surface area contributed by atoms with Crippen molar-refractivity contribution in [3.05, 3.63) is 39.6 Å². The number of fused-ring (bicyclic) bond motifs is 1. The topological polar surface area (TPSA) is 36.7 Å². The molecule has 13 heavy (non-hydrogen) atoms. The van der Waals surface area contributed by atoms with Crippen molar-refractivity contribution in [2.45, 2.75) is 0 Å². The van der Waals surface area contributed by atoms with Crippen molar-refractivity contribution in [3.8, 4) is 6.07 Å². The summed E-state index contributed by atoms with van der Waals surface area (Å²) in [6.07, 6.45) is 0. The third kappa shape index (κ3) is 1.49. The van der Waals surface area contributed by atoms with Gasteiger partial charge in [0, 0.05) is 5.39 Å². The number of para-hydroxylation sites is 1. The zero-order valence-corrected chi connectivity index (χ0v) is 8.82. The van der Waals surface area contributed by atoms with E-state index in [4.69, 9.17) is 5.26 Å². The minimum absolute atomic E-state index is 0.499. The van der Waals surface area contributed by atoms with Crippen LogP contribution in [-0.4, -0.2) is 4.98 Å². The van der Waals surface area contributed by atoms with Crippen LogP contribution >= 0.6 is 22.6 Å². The molecular formula is C10H5IN2. The highest BCUT2D eigenvalue weighted by Gasteiger charge is 2.01. The summed E-state index contributed by atoms with van der Waals surface area (Å²) in [5, 5.41) is 9.84. The van der Waals surface area contributed by atoms with Gasteiger partial charge >= 0.3 is 0 Å². The summed E-state index contributed by atoms with van der Waals surface area (Å²) >= 11 is 2.12. The van der Waals surface area contributed by atoms with Gasteiger partial charge in [0.2, 0.25) is 0 Å². The maximum absolute atomic E-state index is 8.76. The number of pyridine rings is 1. The molecule has 0 fully saturated rings. The van der Waals surface area contributed by atoms with Gasteiger partial charge in [-0.25, -0.2) is 4.98 Å². The monoisotopic (exact) mass is 280 g/mol. The van der Waals surface area contributed by atoms with Gasteiger partial charge in [-0.1, -0.05) is 18.2 Å². The molecule has 0 radical (unpaired) electrons. The number of nitriles is 1. The first-order valence-corrected chi connectivity index (χ1v) is 4.84. The van der Waals surface area contributed by atoms with E-state index in [-0.39, 0.29) is 0 Å². The zero-order valence-electron chi connectivity index (χ0n) is 6.66. The average molecular weight is 280 g/mol. The van der Waals surface area contributed by atoms with Crippen LogP contribution in [0.1, 0.15) is 5.69 Å². The molecule has 0 aliphatic carbocycles. The molecule has 0 saturated carbocycles.